The van der Waals surface area contributed by atoms with E-state index in [-0.39, 0.29) is 23.8 Å². The number of nitrogens with one attached hydrogen (secondary N) is 1. The zero-order valence-electron chi connectivity index (χ0n) is 22.9. The van der Waals surface area contributed by atoms with Crippen molar-refractivity contribution in [1.29, 1.82) is 0 Å². The monoisotopic (exact) mass is 601 g/mol. The van der Waals surface area contributed by atoms with Crippen LogP contribution < -0.4 is 10.2 Å². The molecule has 0 radical (unpaired) electrons. The first-order valence-corrected chi connectivity index (χ1v) is 14.6. The molecule has 12 heteroatoms. The first-order valence-electron chi connectivity index (χ1n) is 13.7. The molecule has 2 aliphatic rings. The topological polar surface area (TPSA) is 126 Å². The van der Waals surface area contributed by atoms with E-state index in [0.717, 1.165) is 28.9 Å². The summed E-state index contributed by atoms with van der Waals surface area (Å²) in [4.78, 5) is 48.2. The van der Waals surface area contributed by atoms with Crippen molar-refractivity contribution in [3.05, 3.63) is 94.7 Å². The molecule has 1 unspecified atom stereocenters. The predicted molar refractivity (Wildman–Crippen MR) is 159 cm³/mol. The number of hydrogen-bond donors (Lipinski definition) is 3. The Bertz CT molecular complexity index is 1670. The number of piperazine rings is 1. The summed E-state index contributed by atoms with van der Waals surface area (Å²) < 4.78 is 14.3. The summed E-state index contributed by atoms with van der Waals surface area (Å²) in [7, 11) is 0. The number of phenolic OH excluding ortho intramolecular Hbond substituents is 1. The van der Waals surface area contributed by atoms with Crippen molar-refractivity contribution in [2.45, 2.75) is 12.6 Å². The number of amides is 3. The largest absolute Gasteiger partial charge is 0.508 e. The molecule has 1 fully saturated rings. The minimum absolute atomic E-state index is 0.0208. The van der Waals surface area contributed by atoms with Crippen LogP contribution in [-0.2, 0) is 16.1 Å². The van der Waals surface area contributed by atoms with Gasteiger partial charge < -0.3 is 24.9 Å². The van der Waals surface area contributed by atoms with Crippen LogP contribution >= 0.6 is 11.3 Å². The number of carbonyl (C=O) groups excluding carboxylic acids is 3. The molecule has 3 aromatic carbocycles. The highest BCUT2D eigenvalue weighted by molar-refractivity contribution is 7.13. The zero-order valence-corrected chi connectivity index (χ0v) is 23.8. The van der Waals surface area contributed by atoms with Crippen LogP contribution in [0.2, 0.25) is 0 Å². The number of aromatic hydroxyl groups is 1. The highest BCUT2D eigenvalue weighted by atomic mass is 32.1. The van der Waals surface area contributed by atoms with Crippen LogP contribution in [0.4, 0.5) is 15.2 Å². The van der Waals surface area contributed by atoms with Gasteiger partial charge in [-0.25, -0.2) is 9.37 Å². The lowest BCUT2D eigenvalue weighted by molar-refractivity contribution is -0.134. The molecule has 3 N–H and O–H groups in total. The Kier molecular flexibility index (Phi) is 7.78. The number of fused-ring (bicyclic) bond motifs is 1. The molecule has 4 aromatic rings. The number of rotatable bonds is 7. The third kappa shape index (κ3) is 5.66. The van der Waals surface area contributed by atoms with Gasteiger partial charge in [0.25, 0.3) is 11.8 Å². The summed E-state index contributed by atoms with van der Waals surface area (Å²) in [6.45, 7) is 2.02. The first kappa shape index (κ1) is 28.3. The van der Waals surface area contributed by atoms with Crippen molar-refractivity contribution in [2.75, 3.05) is 43.0 Å². The summed E-state index contributed by atoms with van der Waals surface area (Å²) >= 11 is 1.20. The van der Waals surface area contributed by atoms with Crippen molar-refractivity contribution in [3.8, 4) is 16.9 Å². The molecule has 1 saturated heterocycles. The Morgan fingerprint density at radius 2 is 1.74 bits per heavy atom. The van der Waals surface area contributed by atoms with Crippen molar-refractivity contribution < 1.29 is 29.0 Å². The van der Waals surface area contributed by atoms with E-state index in [1.807, 2.05) is 36.4 Å². The maximum absolute atomic E-state index is 14.3. The molecule has 0 aliphatic carbocycles. The van der Waals surface area contributed by atoms with E-state index >= 15 is 0 Å². The molecule has 0 bridgehead atoms. The van der Waals surface area contributed by atoms with Crippen LogP contribution in [0.3, 0.4) is 0 Å². The molecule has 3 amide bonds. The second-order valence-corrected chi connectivity index (χ2v) is 11.2. The Morgan fingerprint density at radius 3 is 2.44 bits per heavy atom. The lowest BCUT2D eigenvalue weighted by Crippen LogP contribution is -2.49. The van der Waals surface area contributed by atoms with Crippen molar-refractivity contribution in [3.63, 3.8) is 0 Å². The third-order valence-corrected chi connectivity index (χ3v) is 8.47. The third-order valence-electron chi connectivity index (χ3n) is 7.78. The van der Waals surface area contributed by atoms with E-state index in [1.165, 1.54) is 28.5 Å². The van der Waals surface area contributed by atoms with Crippen LogP contribution in [0.15, 0.2) is 72.2 Å². The number of hydrogen-bond acceptors (Lipinski definition) is 8. The average molecular weight is 602 g/mol. The lowest BCUT2D eigenvalue weighted by Gasteiger charge is -2.36. The van der Waals surface area contributed by atoms with Gasteiger partial charge in [-0.3, -0.25) is 19.7 Å². The van der Waals surface area contributed by atoms with Crippen LogP contribution in [0.5, 0.6) is 5.75 Å². The van der Waals surface area contributed by atoms with Gasteiger partial charge in [-0.15, -0.1) is 11.3 Å². The molecule has 10 nitrogen and oxygen atoms in total. The predicted octanol–water partition coefficient (Wildman–Crippen LogP) is 3.63. The number of benzene rings is 3. The number of halogens is 1. The van der Waals surface area contributed by atoms with Gasteiger partial charge in [-0.05, 0) is 53.1 Å². The van der Waals surface area contributed by atoms with Crippen LogP contribution in [-0.4, -0.2) is 75.5 Å². The second kappa shape index (κ2) is 11.8. The highest BCUT2D eigenvalue weighted by Crippen LogP contribution is 2.38. The molecule has 1 atom stereocenters. The summed E-state index contributed by atoms with van der Waals surface area (Å²) in [5.41, 5.74) is 3.83. The van der Waals surface area contributed by atoms with Crippen molar-refractivity contribution in [1.82, 2.24) is 14.8 Å². The van der Waals surface area contributed by atoms with Gasteiger partial charge in [0.2, 0.25) is 5.91 Å². The van der Waals surface area contributed by atoms with Crippen LogP contribution in [0.1, 0.15) is 27.5 Å². The van der Waals surface area contributed by atoms with Gasteiger partial charge in [0, 0.05) is 61.1 Å². The van der Waals surface area contributed by atoms with E-state index in [0.29, 0.717) is 42.4 Å². The summed E-state index contributed by atoms with van der Waals surface area (Å²) in [6, 6.07) is 15.5. The van der Waals surface area contributed by atoms with Gasteiger partial charge in [0.1, 0.15) is 24.2 Å². The molecule has 3 heterocycles. The fourth-order valence-corrected chi connectivity index (χ4v) is 6.08. The Labute approximate surface area is 250 Å². The molecule has 220 valence electrons. The molecule has 1 aromatic heterocycles. The Balaban J connectivity index is 1.23. The minimum atomic E-state index is -1.30. The van der Waals surface area contributed by atoms with Crippen molar-refractivity contribution in [2.24, 2.45) is 0 Å². The molecule has 43 heavy (non-hydrogen) atoms. The van der Waals surface area contributed by atoms with Gasteiger partial charge in [-0.2, -0.15) is 0 Å². The standard InChI is InChI=1S/C31H28FN5O5S/c32-22-5-8-26(39)25(16-22)28(29(41)34-31-33-9-14-43-31)37-17-21-2-1-20(15-24(21)30(37)42)19-3-6-23(7-4-19)35-10-12-36(13-11-35)27(40)18-38/h1-9,14-16,28,38-39H,10-13,17-18H2,(H,33,34,41). The molecule has 0 spiro atoms. The smallest absolute Gasteiger partial charge is 0.255 e. The lowest BCUT2D eigenvalue weighted by atomic mass is 10.00. The number of aromatic nitrogens is 1. The summed E-state index contributed by atoms with van der Waals surface area (Å²) in [6.07, 6.45) is 1.53. The molecule has 2 aliphatic heterocycles. The molecule has 6 rings (SSSR count). The Morgan fingerprint density at radius 1 is 1.00 bits per heavy atom. The maximum atomic E-state index is 14.3. The average Bonchev–Trinajstić information content (AvgIpc) is 3.66. The SMILES string of the molecule is O=C(Nc1nccs1)C(c1cc(F)ccc1O)N1Cc2ccc(-c3ccc(N4CCN(C(=O)CO)CC4)cc3)cc2C1=O. The molecule has 0 saturated carbocycles. The van der Waals surface area contributed by atoms with Crippen LogP contribution in [0.25, 0.3) is 11.1 Å². The second-order valence-electron chi connectivity index (χ2n) is 10.3. The maximum Gasteiger partial charge on any atom is 0.255 e. The number of aliphatic hydroxyl groups excluding tert-OH is 1. The number of anilines is 2. The minimum Gasteiger partial charge on any atom is -0.508 e. The van der Waals surface area contributed by atoms with Gasteiger partial charge >= 0.3 is 0 Å². The van der Waals surface area contributed by atoms with Gasteiger partial charge in [-0.1, -0.05) is 24.3 Å². The van der Waals surface area contributed by atoms with E-state index in [1.54, 1.807) is 16.3 Å². The van der Waals surface area contributed by atoms with Crippen molar-refractivity contribution >= 4 is 39.9 Å². The summed E-state index contributed by atoms with van der Waals surface area (Å²) in [5.74, 6) is -2.23. The number of phenols is 1. The first-order chi connectivity index (χ1) is 20.8. The number of aliphatic hydroxyl groups is 1. The Hall–Kier alpha value is -4.81. The molecular formula is C31H28FN5O5S. The quantitative estimate of drug-likeness (QED) is 0.295. The van der Waals surface area contributed by atoms with E-state index < -0.39 is 30.3 Å². The van der Waals surface area contributed by atoms with Gasteiger partial charge in [0.05, 0.1) is 0 Å². The van der Waals surface area contributed by atoms with Crippen LogP contribution in [0, 0.1) is 5.82 Å². The summed E-state index contributed by atoms with van der Waals surface area (Å²) in [5, 5.41) is 24.4. The zero-order chi connectivity index (χ0) is 30.1. The van der Waals surface area contributed by atoms with E-state index in [2.05, 4.69) is 15.2 Å². The number of carbonyl (C=O) groups is 3. The normalized spacial score (nSPS) is 15.4. The highest BCUT2D eigenvalue weighted by Gasteiger charge is 2.39. The van der Waals surface area contributed by atoms with E-state index in [4.69, 9.17) is 5.11 Å². The fourth-order valence-electron chi connectivity index (χ4n) is 5.54. The fraction of sp³-hybridized carbons (Fsp3) is 0.226. The number of thiazole rings is 1. The molecular weight excluding hydrogens is 573 g/mol. The van der Waals surface area contributed by atoms with E-state index in [9.17, 15) is 23.9 Å². The number of nitrogens with zero attached hydrogens (tertiary/aromatic N) is 4. The van der Waals surface area contributed by atoms with Gasteiger partial charge in [0.15, 0.2) is 5.13 Å².